The summed E-state index contributed by atoms with van der Waals surface area (Å²) in [6.45, 7) is 4.22. The molecule has 1 aromatic heterocycles. The number of anilines is 1. The summed E-state index contributed by atoms with van der Waals surface area (Å²) in [4.78, 5) is 18.3. The molecular formula is C25H28N2O3. The van der Waals surface area contributed by atoms with Crippen LogP contribution in [-0.4, -0.2) is 17.9 Å². The first kappa shape index (κ1) is 19.2. The van der Waals surface area contributed by atoms with E-state index in [9.17, 15) is 4.79 Å². The molecule has 0 saturated heterocycles. The summed E-state index contributed by atoms with van der Waals surface area (Å²) < 4.78 is 12.0. The van der Waals surface area contributed by atoms with Gasteiger partial charge in [-0.1, -0.05) is 32.0 Å². The number of ether oxygens (including phenoxy) is 2. The second-order valence-electron chi connectivity index (χ2n) is 9.43. The van der Waals surface area contributed by atoms with Crippen molar-refractivity contribution in [2.75, 3.05) is 12.8 Å². The zero-order chi connectivity index (χ0) is 21.0. The molecule has 0 fully saturated rings. The Balaban J connectivity index is 1.79. The molecule has 0 amide bonds. The van der Waals surface area contributed by atoms with E-state index in [4.69, 9.17) is 20.2 Å². The number of aromatic nitrogens is 1. The molecule has 156 valence electrons. The molecule has 1 atom stereocenters. The third-order valence-corrected chi connectivity index (χ3v) is 6.65. The number of nitrogens with two attached hydrogens (primary N) is 1. The van der Waals surface area contributed by atoms with Crippen molar-refractivity contribution in [3.63, 3.8) is 0 Å². The predicted molar refractivity (Wildman–Crippen MR) is 116 cm³/mol. The van der Waals surface area contributed by atoms with E-state index in [1.165, 1.54) is 0 Å². The molecule has 0 bridgehead atoms. The normalized spacial score (nSPS) is 22.0. The standard InChI is InChI=1S/C25H28N2O3/c1-25(2)12-17(28)21-19(13-25)30-24-22(20(21)15-9-5-7-11-18(15)29-3)23(26)14-8-4-6-10-16(14)27-24/h5,7,9,11,20H,4,6,8,10,12-13H2,1-3H3,(H2,26,27)/t20-/m0/s1. The Morgan fingerprint density at radius 1 is 1.17 bits per heavy atom. The van der Waals surface area contributed by atoms with E-state index in [1.807, 2.05) is 24.3 Å². The van der Waals surface area contributed by atoms with Crippen molar-refractivity contribution in [1.29, 1.82) is 0 Å². The Morgan fingerprint density at radius 2 is 1.93 bits per heavy atom. The van der Waals surface area contributed by atoms with Gasteiger partial charge in [-0.15, -0.1) is 0 Å². The lowest BCUT2D eigenvalue weighted by Crippen LogP contribution is -2.34. The molecule has 0 unspecified atom stereocenters. The number of hydrogen-bond donors (Lipinski definition) is 1. The second-order valence-corrected chi connectivity index (χ2v) is 9.43. The maximum atomic E-state index is 13.4. The predicted octanol–water partition coefficient (Wildman–Crippen LogP) is 4.72. The van der Waals surface area contributed by atoms with Gasteiger partial charge in [0, 0.05) is 35.4 Å². The molecule has 2 aliphatic carbocycles. The van der Waals surface area contributed by atoms with Gasteiger partial charge in [0.1, 0.15) is 11.5 Å². The minimum Gasteiger partial charge on any atom is -0.496 e. The van der Waals surface area contributed by atoms with Gasteiger partial charge in [-0.25, -0.2) is 4.98 Å². The summed E-state index contributed by atoms with van der Waals surface area (Å²) in [7, 11) is 1.66. The third kappa shape index (κ3) is 2.91. The third-order valence-electron chi connectivity index (χ3n) is 6.65. The van der Waals surface area contributed by atoms with Gasteiger partial charge in [-0.3, -0.25) is 4.79 Å². The van der Waals surface area contributed by atoms with E-state index in [0.717, 1.165) is 70.8 Å². The average Bonchev–Trinajstić information content (AvgIpc) is 2.71. The van der Waals surface area contributed by atoms with Gasteiger partial charge in [0.15, 0.2) is 5.78 Å². The zero-order valence-corrected chi connectivity index (χ0v) is 17.9. The highest BCUT2D eigenvalue weighted by atomic mass is 16.5. The van der Waals surface area contributed by atoms with Crippen LogP contribution in [0.15, 0.2) is 35.6 Å². The minimum absolute atomic E-state index is 0.125. The minimum atomic E-state index is -0.316. The number of aryl methyl sites for hydroxylation is 1. The lowest BCUT2D eigenvalue weighted by Gasteiger charge is -2.39. The summed E-state index contributed by atoms with van der Waals surface area (Å²) in [6, 6.07) is 7.88. The van der Waals surface area contributed by atoms with Crippen molar-refractivity contribution < 1.29 is 14.3 Å². The van der Waals surface area contributed by atoms with Crippen LogP contribution in [0.2, 0.25) is 0 Å². The lowest BCUT2D eigenvalue weighted by atomic mass is 9.69. The first-order valence-corrected chi connectivity index (χ1v) is 10.8. The van der Waals surface area contributed by atoms with E-state index in [1.54, 1.807) is 7.11 Å². The van der Waals surface area contributed by atoms with E-state index < -0.39 is 0 Å². The Kier molecular flexibility index (Phi) is 4.38. The fourth-order valence-electron chi connectivity index (χ4n) is 5.29. The zero-order valence-electron chi connectivity index (χ0n) is 17.9. The van der Waals surface area contributed by atoms with Crippen LogP contribution >= 0.6 is 0 Å². The highest BCUT2D eigenvalue weighted by molar-refractivity contribution is 6.00. The number of para-hydroxylation sites is 1. The lowest BCUT2D eigenvalue weighted by molar-refractivity contribution is -0.118. The number of carbonyl (C=O) groups excluding carboxylic acids is 1. The van der Waals surface area contributed by atoms with Crippen LogP contribution in [0, 0.1) is 5.41 Å². The van der Waals surface area contributed by atoms with Crippen LogP contribution < -0.4 is 15.2 Å². The number of rotatable bonds is 2. The molecule has 0 radical (unpaired) electrons. The van der Waals surface area contributed by atoms with Crippen molar-refractivity contribution in [3.05, 3.63) is 58.0 Å². The molecule has 5 heteroatoms. The van der Waals surface area contributed by atoms with E-state index in [0.29, 0.717) is 18.7 Å². The van der Waals surface area contributed by atoms with E-state index in [-0.39, 0.29) is 17.1 Å². The van der Waals surface area contributed by atoms with Gasteiger partial charge in [-0.2, -0.15) is 0 Å². The fourth-order valence-corrected chi connectivity index (χ4v) is 5.29. The number of allylic oxidation sites excluding steroid dienone is 2. The number of hydrogen-bond acceptors (Lipinski definition) is 5. The molecule has 30 heavy (non-hydrogen) atoms. The number of Topliss-reactive ketones (excluding diaryl/α,β-unsaturated/α-hetero) is 1. The first-order chi connectivity index (χ1) is 14.4. The maximum absolute atomic E-state index is 13.4. The molecular weight excluding hydrogens is 376 g/mol. The summed E-state index contributed by atoms with van der Waals surface area (Å²) in [6.07, 6.45) is 5.28. The van der Waals surface area contributed by atoms with Crippen LogP contribution in [0.1, 0.15) is 67.8 Å². The Labute approximate surface area is 177 Å². The van der Waals surface area contributed by atoms with Crippen LogP contribution in [0.3, 0.4) is 0 Å². The monoisotopic (exact) mass is 404 g/mol. The number of carbonyl (C=O) groups is 1. The summed E-state index contributed by atoms with van der Waals surface area (Å²) in [5, 5.41) is 0. The number of pyridine rings is 1. The van der Waals surface area contributed by atoms with Gasteiger partial charge in [0.2, 0.25) is 5.88 Å². The largest absolute Gasteiger partial charge is 0.496 e. The summed E-state index contributed by atoms with van der Waals surface area (Å²) >= 11 is 0. The average molecular weight is 405 g/mol. The molecule has 0 spiro atoms. The Hall–Kier alpha value is -2.82. The van der Waals surface area contributed by atoms with E-state index in [2.05, 4.69) is 13.8 Å². The molecule has 2 heterocycles. The number of nitrogens with zero attached hydrogens (tertiary/aromatic N) is 1. The molecule has 0 saturated carbocycles. The van der Waals surface area contributed by atoms with Crippen LogP contribution in [0.25, 0.3) is 0 Å². The number of fused-ring (bicyclic) bond motifs is 2. The quantitative estimate of drug-likeness (QED) is 0.784. The molecule has 5 rings (SSSR count). The molecule has 1 aromatic carbocycles. The van der Waals surface area contributed by atoms with Gasteiger partial charge in [-0.05, 0) is 42.7 Å². The second kappa shape index (κ2) is 6.86. The molecule has 1 aliphatic heterocycles. The van der Waals surface area contributed by atoms with Crippen molar-refractivity contribution in [2.24, 2.45) is 5.41 Å². The first-order valence-electron chi connectivity index (χ1n) is 10.8. The van der Waals surface area contributed by atoms with Crippen molar-refractivity contribution in [2.45, 2.75) is 58.3 Å². The van der Waals surface area contributed by atoms with Gasteiger partial charge in [0.25, 0.3) is 0 Å². The SMILES string of the molecule is COc1ccccc1[C@H]1C2=C(CC(C)(C)CC2=O)Oc2nc3c(c(N)c21)CCCC3. The maximum Gasteiger partial charge on any atom is 0.225 e. The Morgan fingerprint density at radius 3 is 2.73 bits per heavy atom. The highest BCUT2D eigenvalue weighted by Gasteiger charge is 2.44. The highest BCUT2D eigenvalue weighted by Crippen LogP contribution is 2.53. The van der Waals surface area contributed by atoms with Crippen LogP contribution in [0.5, 0.6) is 11.6 Å². The molecule has 2 aromatic rings. The number of ketones is 1. The van der Waals surface area contributed by atoms with Crippen LogP contribution in [-0.2, 0) is 17.6 Å². The Bertz CT molecular complexity index is 1080. The number of methoxy groups -OCH3 is 1. The summed E-state index contributed by atoms with van der Waals surface area (Å²) in [5.74, 6) is 1.86. The van der Waals surface area contributed by atoms with Crippen molar-refractivity contribution >= 4 is 11.5 Å². The number of benzene rings is 1. The smallest absolute Gasteiger partial charge is 0.225 e. The van der Waals surface area contributed by atoms with Gasteiger partial charge >= 0.3 is 0 Å². The van der Waals surface area contributed by atoms with Crippen molar-refractivity contribution in [3.8, 4) is 11.6 Å². The number of nitrogen functional groups attached to an aromatic ring is 1. The summed E-state index contributed by atoms with van der Waals surface area (Å²) in [5.41, 5.74) is 12.0. The van der Waals surface area contributed by atoms with E-state index >= 15 is 0 Å². The van der Waals surface area contributed by atoms with Crippen LogP contribution in [0.4, 0.5) is 5.69 Å². The topological polar surface area (TPSA) is 74.4 Å². The molecule has 5 nitrogen and oxygen atoms in total. The fraction of sp³-hybridized carbons (Fsp3) is 0.440. The van der Waals surface area contributed by atoms with Gasteiger partial charge < -0.3 is 15.2 Å². The van der Waals surface area contributed by atoms with Crippen molar-refractivity contribution in [1.82, 2.24) is 4.98 Å². The van der Waals surface area contributed by atoms with Gasteiger partial charge in [0.05, 0.1) is 18.6 Å². The molecule has 3 aliphatic rings. The molecule has 2 N–H and O–H groups in total.